The predicted molar refractivity (Wildman–Crippen MR) is 126 cm³/mol. The highest BCUT2D eigenvalue weighted by Crippen LogP contribution is 2.12. The van der Waals surface area contributed by atoms with E-state index in [1.807, 2.05) is 12.3 Å². The molecule has 30 heavy (non-hydrogen) atoms. The maximum Gasteiger partial charge on any atom is 0.190 e. The van der Waals surface area contributed by atoms with E-state index in [9.17, 15) is 4.39 Å². The third-order valence-corrected chi connectivity index (χ3v) is 4.72. The van der Waals surface area contributed by atoms with Gasteiger partial charge in [-0.05, 0) is 49.6 Å². The molecule has 1 fully saturated rings. The summed E-state index contributed by atoms with van der Waals surface area (Å²) in [7, 11) is 1.76. The van der Waals surface area contributed by atoms with Crippen molar-refractivity contribution in [3.05, 3.63) is 48.0 Å². The Bertz CT molecular complexity index is 763. The molecular formula is C21H31FIN5O2. The Balaban J connectivity index is 0.00000320. The number of rotatable bonds is 10. The summed E-state index contributed by atoms with van der Waals surface area (Å²) in [5.41, 5.74) is 1.80. The first-order chi connectivity index (χ1) is 14.2. The SMILES string of the molecule is CN=C(NCCCOCC1CCCO1)NCCc1ccn(-c2ccc(F)cc2)n1.I. The normalized spacial score (nSPS) is 16.3. The van der Waals surface area contributed by atoms with Gasteiger partial charge in [-0.25, -0.2) is 9.07 Å². The second kappa shape index (κ2) is 13.6. The number of benzene rings is 1. The third-order valence-electron chi connectivity index (χ3n) is 4.72. The van der Waals surface area contributed by atoms with Crippen LogP contribution in [0.4, 0.5) is 4.39 Å². The van der Waals surface area contributed by atoms with Gasteiger partial charge in [0.15, 0.2) is 5.96 Å². The molecule has 0 amide bonds. The lowest BCUT2D eigenvalue weighted by Gasteiger charge is -2.12. The molecule has 1 aliphatic rings. The zero-order chi connectivity index (χ0) is 20.3. The smallest absolute Gasteiger partial charge is 0.190 e. The van der Waals surface area contributed by atoms with Crippen molar-refractivity contribution in [2.24, 2.45) is 4.99 Å². The molecule has 0 saturated carbocycles. The number of halogens is 2. The van der Waals surface area contributed by atoms with Crippen molar-refractivity contribution in [2.75, 3.05) is 40.0 Å². The van der Waals surface area contributed by atoms with Crippen molar-refractivity contribution < 1.29 is 13.9 Å². The average Bonchev–Trinajstić information content (AvgIpc) is 3.42. The van der Waals surface area contributed by atoms with Gasteiger partial charge in [0.2, 0.25) is 0 Å². The van der Waals surface area contributed by atoms with Crippen LogP contribution in [-0.2, 0) is 15.9 Å². The van der Waals surface area contributed by atoms with Gasteiger partial charge in [-0.3, -0.25) is 4.99 Å². The lowest BCUT2D eigenvalue weighted by atomic mass is 10.2. The number of hydrogen-bond donors (Lipinski definition) is 2. The molecule has 0 aliphatic carbocycles. The third kappa shape index (κ3) is 8.19. The van der Waals surface area contributed by atoms with Crippen molar-refractivity contribution in [2.45, 2.75) is 31.8 Å². The van der Waals surface area contributed by atoms with Crippen LogP contribution in [0.3, 0.4) is 0 Å². The fourth-order valence-corrected chi connectivity index (χ4v) is 3.13. The molecule has 2 aromatic rings. The lowest BCUT2D eigenvalue weighted by molar-refractivity contribution is 0.0168. The van der Waals surface area contributed by atoms with Gasteiger partial charge in [0.25, 0.3) is 0 Å². The number of hydrogen-bond acceptors (Lipinski definition) is 4. The van der Waals surface area contributed by atoms with E-state index in [2.05, 4.69) is 20.7 Å². The van der Waals surface area contributed by atoms with Gasteiger partial charge >= 0.3 is 0 Å². The van der Waals surface area contributed by atoms with Crippen molar-refractivity contribution >= 4 is 29.9 Å². The Morgan fingerprint density at radius 1 is 1.27 bits per heavy atom. The summed E-state index contributed by atoms with van der Waals surface area (Å²) >= 11 is 0. The van der Waals surface area contributed by atoms with Crippen LogP contribution in [0, 0.1) is 5.82 Å². The van der Waals surface area contributed by atoms with Gasteiger partial charge in [0.1, 0.15) is 5.82 Å². The molecule has 0 bridgehead atoms. The van der Waals surface area contributed by atoms with Crippen LogP contribution in [0.5, 0.6) is 0 Å². The summed E-state index contributed by atoms with van der Waals surface area (Å²) in [6.45, 7) is 3.78. The largest absolute Gasteiger partial charge is 0.379 e. The molecule has 2 N–H and O–H groups in total. The Morgan fingerprint density at radius 2 is 2.07 bits per heavy atom. The number of nitrogens with zero attached hydrogens (tertiary/aromatic N) is 3. The molecule has 3 rings (SSSR count). The quantitative estimate of drug-likeness (QED) is 0.214. The minimum absolute atomic E-state index is 0. The van der Waals surface area contributed by atoms with Gasteiger partial charge in [-0.2, -0.15) is 5.10 Å². The Labute approximate surface area is 194 Å². The van der Waals surface area contributed by atoms with Crippen LogP contribution in [0.1, 0.15) is 25.0 Å². The summed E-state index contributed by atoms with van der Waals surface area (Å²) in [5, 5.41) is 11.1. The first-order valence-electron chi connectivity index (χ1n) is 10.2. The van der Waals surface area contributed by atoms with E-state index in [1.54, 1.807) is 23.9 Å². The van der Waals surface area contributed by atoms with Crippen LogP contribution in [0.2, 0.25) is 0 Å². The molecule has 1 unspecified atom stereocenters. The highest BCUT2D eigenvalue weighted by molar-refractivity contribution is 14.0. The van der Waals surface area contributed by atoms with Crippen molar-refractivity contribution in [3.63, 3.8) is 0 Å². The van der Waals surface area contributed by atoms with Crippen LogP contribution in [0.15, 0.2) is 41.5 Å². The zero-order valence-electron chi connectivity index (χ0n) is 17.3. The molecule has 9 heteroatoms. The molecule has 1 saturated heterocycles. The van der Waals surface area contributed by atoms with Gasteiger partial charge in [0, 0.05) is 46.0 Å². The summed E-state index contributed by atoms with van der Waals surface area (Å²) in [6, 6.07) is 8.25. The minimum Gasteiger partial charge on any atom is -0.379 e. The van der Waals surface area contributed by atoms with Crippen molar-refractivity contribution in [1.82, 2.24) is 20.4 Å². The van der Waals surface area contributed by atoms with Crippen molar-refractivity contribution in [1.29, 1.82) is 0 Å². The van der Waals surface area contributed by atoms with Crippen LogP contribution >= 0.6 is 24.0 Å². The van der Waals surface area contributed by atoms with Crippen LogP contribution < -0.4 is 10.6 Å². The first-order valence-corrected chi connectivity index (χ1v) is 10.2. The molecule has 0 spiro atoms. The Hall–Kier alpha value is -1.72. The summed E-state index contributed by atoms with van der Waals surface area (Å²) < 4.78 is 26.0. The lowest BCUT2D eigenvalue weighted by Crippen LogP contribution is -2.39. The Kier molecular flexibility index (Phi) is 11.1. The van der Waals surface area contributed by atoms with Crippen LogP contribution in [0.25, 0.3) is 5.69 Å². The van der Waals surface area contributed by atoms with Gasteiger partial charge in [-0.15, -0.1) is 24.0 Å². The maximum absolute atomic E-state index is 13.0. The molecule has 1 aromatic carbocycles. The van der Waals surface area contributed by atoms with Gasteiger partial charge in [-0.1, -0.05) is 0 Å². The van der Waals surface area contributed by atoms with E-state index in [4.69, 9.17) is 9.47 Å². The first kappa shape index (κ1) is 24.5. The van der Waals surface area contributed by atoms with E-state index in [0.717, 1.165) is 62.7 Å². The molecular weight excluding hydrogens is 500 g/mol. The number of ether oxygens (including phenoxy) is 2. The van der Waals surface area contributed by atoms with E-state index in [0.29, 0.717) is 13.2 Å². The fourth-order valence-electron chi connectivity index (χ4n) is 3.13. The summed E-state index contributed by atoms with van der Waals surface area (Å²) in [6.07, 6.45) is 6.09. The fraction of sp³-hybridized carbons (Fsp3) is 0.524. The van der Waals surface area contributed by atoms with Crippen molar-refractivity contribution in [3.8, 4) is 5.69 Å². The molecule has 7 nitrogen and oxygen atoms in total. The number of aliphatic imine (C=N–C) groups is 1. The van der Waals surface area contributed by atoms with Crippen LogP contribution in [-0.4, -0.2) is 61.8 Å². The summed E-state index contributed by atoms with van der Waals surface area (Å²) in [5.74, 6) is 0.515. The topological polar surface area (TPSA) is 72.7 Å². The molecule has 1 atom stereocenters. The standard InChI is InChI=1S/C21H30FN5O2.HI/c1-23-21(24-11-3-14-28-16-20-4-2-15-29-20)25-12-9-18-10-13-27(26-18)19-7-5-17(22)6-8-19;/h5-8,10,13,20H,2-4,9,11-12,14-16H2,1H3,(H2,23,24,25);1H. The average molecular weight is 531 g/mol. The molecule has 1 aromatic heterocycles. The van der Waals surface area contributed by atoms with Gasteiger partial charge < -0.3 is 20.1 Å². The molecule has 0 radical (unpaired) electrons. The number of guanidine groups is 1. The second-order valence-corrected chi connectivity index (χ2v) is 6.97. The highest BCUT2D eigenvalue weighted by atomic mass is 127. The molecule has 1 aliphatic heterocycles. The number of nitrogens with one attached hydrogen (secondary N) is 2. The molecule has 2 heterocycles. The van der Waals surface area contributed by atoms with Gasteiger partial charge in [0.05, 0.1) is 24.1 Å². The van der Waals surface area contributed by atoms with E-state index < -0.39 is 0 Å². The second-order valence-electron chi connectivity index (χ2n) is 6.97. The van der Waals surface area contributed by atoms with E-state index >= 15 is 0 Å². The Morgan fingerprint density at radius 3 is 2.80 bits per heavy atom. The monoisotopic (exact) mass is 531 g/mol. The van der Waals surface area contributed by atoms with E-state index in [1.165, 1.54) is 12.1 Å². The maximum atomic E-state index is 13.0. The zero-order valence-corrected chi connectivity index (χ0v) is 19.7. The predicted octanol–water partition coefficient (Wildman–Crippen LogP) is 2.92. The van der Waals surface area contributed by atoms with E-state index in [-0.39, 0.29) is 35.9 Å². The highest BCUT2D eigenvalue weighted by Gasteiger charge is 2.14. The molecule has 166 valence electrons. The number of aromatic nitrogens is 2. The summed E-state index contributed by atoms with van der Waals surface area (Å²) in [4.78, 5) is 4.23. The minimum atomic E-state index is -0.251.